The van der Waals surface area contributed by atoms with Gasteiger partial charge >= 0.3 is 0 Å². The molecule has 0 atom stereocenters. The maximum atomic E-state index is 12.9. The first-order chi connectivity index (χ1) is 14.2. The van der Waals surface area contributed by atoms with Crippen LogP contribution < -0.4 is 9.47 Å². The van der Waals surface area contributed by atoms with E-state index in [0.29, 0.717) is 30.3 Å². The second-order valence-corrected chi connectivity index (χ2v) is 7.92. The van der Waals surface area contributed by atoms with E-state index in [-0.39, 0.29) is 5.91 Å². The molecule has 6 nitrogen and oxygen atoms in total. The van der Waals surface area contributed by atoms with E-state index < -0.39 is 0 Å². The van der Waals surface area contributed by atoms with Crippen LogP contribution in [0.1, 0.15) is 34.1 Å². The highest BCUT2D eigenvalue weighted by atomic mass is 32.1. The molecule has 2 aromatic carbocycles. The van der Waals surface area contributed by atoms with Crippen molar-refractivity contribution >= 4 is 17.2 Å². The molecule has 1 aliphatic heterocycles. The average Bonchev–Trinajstić information content (AvgIpc) is 3.28. The van der Waals surface area contributed by atoms with Crippen LogP contribution in [0.2, 0.25) is 0 Å². The van der Waals surface area contributed by atoms with Gasteiger partial charge in [-0.3, -0.25) is 4.79 Å². The molecule has 0 radical (unpaired) electrons. The Labute approximate surface area is 174 Å². The van der Waals surface area contributed by atoms with E-state index in [0.717, 1.165) is 34.2 Å². The zero-order chi connectivity index (χ0) is 20.2. The molecule has 1 aliphatic rings. The van der Waals surface area contributed by atoms with Crippen molar-refractivity contribution in [3.05, 3.63) is 59.1 Å². The van der Waals surface area contributed by atoms with Crippen molar-refractivity contribution in [1.29, 1.82) is 0 Å². The van der Waals surface area contributed by atoms with Gasteiger partial charge in [-0.2, -0.15) is 0 Å². The van der Waals surface area contributed by atoms with Crippen LogP contribution in [0.3, 0.4) is 0 Å². The molecule has 1 amide bonds. The molecule has 29 heavy (non-hydrogen) atoms. The Morgan fingerprint density at radius 2 is 1.62 bits per heavy atom. The molecule has 1 saturated heterocycles. The van der Waals surface area contributed by atoms with Gasteiger partial charge < -0.3 is 14.4 Å². The molecule has 2 heterocycles. The van der Waals surface area contributed by atoms with Crippen molar-refractivity contribution in [3.63, 3.8) is 0 Å². The molecule has 4 rings (SSSR count). The van der Waals surface area contributed by atoms with Gasteiger partial charge in [0, 0.05) is 19.0 Å². The molecule has 1 fully saturated rings. The molecule has 0 bridgehead atoms. The van der Waals surface area contributed by atoms with Gasteiger partial charge in [-0.15, -0.1) is 10.2 Å². The largest absolute Gasteiger partial charge is 0.496 e. The SMILES string of the molecule is COc1ccccc1C(=O)N1CCC(c2nnc(-c3ccccc3OC)s2)CC1. The molecule has 3 aromatic rings. The summed E-state index contributed by atoms with van der Waals surface area (Å²) in [6.45, 7) is 1.40. The molecular formula is C22H23N3O3S. The predicted octanol–water partition coefficient (Wildman–Crippen LogP) is 4.24. The summed E-state index contributed by atoms with van der Waals surface area (Å²) in [5.74, 6) is 1.75. The number of benzene rings is 2. The van der Waals surface area contributed by atoms with Gasteiger partial charge in [0.2, 0.25) is 0 Å². The summed E-state index contributed by atoms with van der Waals surface area (Å²) < 4.78 is 10.8. The van der Waals surface area contributed by atoms with Crippen molar-refractivity contribution in [2.75, 3.05) is 27.3 Å². The lowest BCUT2D eigenvalue weighted by Gasteiger charge is -2.31. The number of aromatic nitrogens is 2. The van der Waals surface area contributed by atoms with Gasteiger partial charge in [0.05, 0.1) is 25.3 Å². The van der Waals surface area contributed by atoms with Crippen LogP contribution in [0.15, 0.2) is 48.5 Å². The highest BCUT2D eigenvalue weighted by molar-refractivity contribution is 7.14. The number of ether oxygens (including phenoxy) is 2. The number of rotatable bonds is 5. The summed E-state index contributed by atoms with van der Waals surface area (Å²) in [7, 11) is 3.25. The third-order valence-electron chi connectivity index (χ3n) is 5.25. The number of para-hydroxylation sites is 2. The predicted molar refractivity (Wildman–Crippen MR) is 113 cm³/mol. The van der Waals surface area contributed by atoms with Gasteiger partial charge in [0.15, 0.2) is 5.01 Å². The maximum Gasteiger partial charge on any atom is 0.257 e. The summed E-state index contributed by atoms with van der Waals surface area (Å²) in [5, 5.41) is 10.7. The van der Waals surface area contributed by atoms with Crippen LogP contribution >= 0.6 is 11.3 Å². The number of carbonyl (C=O) groups is 1. The third-order valence-corrected chi connectivity index (χ3v) is 6.37. The molecular weight excluding hydrogens is 386 g/mol. The first kappa shape index (κ1) is 19.4. The minimum absolute atomic E-state index is 0.0212. The van der Waals surface area contributed by atoms with Crippen LogP contribution in [0.25, 0.3) is 10.6 Å². The molecule has 0 saturated carbocycles. The summed E-state index contributed by atoms with van der Waals surface area (Å²) in [4.78, 5) is 14.8. The van der Waals surface area contributed by atoms with Crippen LogP contribution in [-0.4, -0.2) is 48.3 Å². The quantitative estimate of drug-likeness (QED) is 0.631. The minimum Gasteiger partial charge on any atom is -0.496 e. The third kappa shape index (κ3) is 3.96. The van der Waals surface area contributed by atoms with Crippen molar-refractivity contribution in [2.45, 2.75) is 18.8 Å². The molecule has 150 valence electrons. The zero-order valence-corrected chi connectivity index (χ0v) is 17.3. The van der Waals surface area contributed by atoms with E-state index in [2.05, 4.69) is 10.2 Å². The second-order valence-electron chi connectivity index (χ2n) is 6.91. The van der Waals surface area contributed by atoms with Gasteiger partial charge in [0.25, 0.3) is 5.91 Å². The molecule has 0 spiro atoms. The molecule has 0 aliphatic carbocycles. The lowest BCUT2D eigenvalue weighted by molar-refractivity contribution is 0.0709. The fourth-order valence-electron chi connectivity index (χ4n) is 3.65. The summed E-state index contributed by atoms with van der Waals surface area (Å²) >= 11 is 1.61. The monoisotopic (exact) mass is 409 g/mol. The molecule has 0 N–H and O–H groups in total. The van der Waals surface area contributed by atoms with Gasteiger partial charge in [-0.25, -0.2) is 0 Å². The number of methoxy groups -OCH3 is 2. The number of hydrogen-bond donors (Lipinski definition) is 0. The lowest BCUT2D eigenvalue weighted by atomic mass is 9.97. The number of hydrogen-bond acceptors (Lipinski definition) is 6. The Kier molecular flexibility index (Phi) is 5.76. The topological polar surface area (TPSA) is 64.5 Å². The van der Waals surface area contributed by atoms with E-state index >= 15 is 0 Å². The van der Waals surface area contributed by atoms with Crippen molar-refractivity contribution < 1.29 is 14.3 Å². The number of amides is 1. The fourth-order valence-corrected chi connectivity index (χ4v) is 4.69. The van der Waals surface area contributed by atoms with Crippen LogP contribution in [0.4, 0.5) is 0 Å². The Morgan fingerprint density at radius 1 is 0.966 bits per heavy atom. The van der Waals surface area contributed by atoms with E-state index in [1.807, 2.05) is 53.4 Å². The Hall–Kier alpha value is -2.93. The van der Waals surface area contributed by atoms with E-state index in [1.54, 1.807) is 25.6 Å². The van der Waals surface area contributed by atoms with E-state index in [4.69, 9.17) is 9.47 Å². The summed E-state index contributed by atoms with van der Waals surface area (Å²) in [6, 6.07) is 15.2. The highest BCUT2D eigenvalue weighted by Gasteiger charge is 2.28. The normalized spacial score (nSPS) is 14.6. The van der Waals surface area contributed by atoms with Crippen LogP contribution in [-0.2, 0) is 0 Å². The Balaban J connectivity index is 1.44. The first-order valence-electron chi connectivity index (χ1n) is 9.60. The van der Waals surface area contributed by atoms with E-state index in [9.17, 15) is 4.79 Å². The number of carbonyl (C=O) groups excluding carboxylic acids is 1. The van der Waals surface area contributed by atoms with Gasteiger partial charge in [-0.1, -0.05) is 35.6 Å². The smallest absolute Gasteiger partial charge is 0.257 e. The van der Waals surface area contributed by atoms with Crippen LogP contribution in [0.5, 0.6) is 11.5 Å². The maximum absolute atomic E-state index is 12.9. The molecule has 7 heteroatoms. The first-order valence-corrected chi connectivity index (χ1v) is 10.4. The standard InChI is InChI=1S/C22H23N3O3S/c1-27-18-9-5-3-7-16(18)21-24-23-20(29-21)15-11-13-25(14-12-15)22(26)17-8-4-6-10-19(17)28-2/h3-10,15H,11-14H2,1-2H3. The number of nitrogens with zero attached hydrogens (tertiary/aromatic N) is 3. The molecule has 1 aromatic heterocycles. The summed E-state index contributed by atoms with van der Waals surface area (Å²) in [6.07, 6.45) is 1.75. The highest BCUT2D eigenvalue weighted by Crippen LogP contribution is 2.37. The van der Waals surface area contributed by atoms with Crippen molar-refractivity contribution in [2.24, 2.45) is 0 Å². The molecule has 0 unspecified atom stereocenters. The van der Waals surface area contributed by atoms with Gasteiger partial charge in [0.1, 0.15) is 16.5 Å². The van der Waals surface area contributed by atoms with Crippen LogP contribution in [0, 0.1) is 0 Å². The Bertz CT molecular complexity index is 996. The average molecular weight is 410 g/mol. The lowest BCUT2D eigenvalue weighted by Crippen LogP contribution is -2.38. The fraction of sp³-hybridized carbons (Fsp3) is 0.318. The summed E-state index contributed by atoms with van der Waals surface area (Å²) in [5.41, 5.74) is 1.57. The zero-order valence-electron chi connectivity index (χ0n) is 16.5. The minimum atomic E-state index is 0.0212. The number of piperidine rings is 1. The van der Waals surface area contributed by atoms with E-state index in [1.165, 1.54) is 0 Å². The van der Waals surface area contributed by atoms with Crippen molar-refractivity contribution in [3.8, 4) is 22.1 Å². The second kappa shape index (κ2) is 8.61. The van der Waals surface area contributed by atoms with Crippen molar-refractivity contribution in [1.82, 2.24) is 15.1 Å². The Morgan fingerprint density at radius 3 is 2.34 bits per heavy atom. The van der Waals surface area contributed by atoms with Gasteiger partial charge in [-0.05, 0) is 37.1 Å². The number of likely N-dealkylation sites (tertiary alicyclic amines) is 1.